The van der Waals surface area contributed by atoms with Gasteiger partial charge in [-0.1, -0.05) is 59.6 Å². The zero-order valence-electron chi connectivity index (χ0n) is 12.9. The average molecular weight is 364 g/mol. The van der Waals surface area contributed by atoms with Crippen LogP contribution in [0.2, 0.25) is 10.0 Å². The second-order valence-corrected chi connectivity index (χ2v) is 5.80. The number of nitrogens with one attached hydrogen (secondary N) is 1. The molecular formula is C18H15Cl2NO3. The van der Waals surface area contributed by atoms with Crippen molar-refractivity contribution in [3.8, 4) is 0 Å². The molecular weight excluding hydrogens is 349 g/mol. The Hall–Kier alpha value is -2.30. The van der Waals surface area contributed by atoms with Crippen molar-refractivity contribution in [2.75, 3.05) is 0 Å². The Labute approximate surface area is 150 Å². The van der Waals surface area contributed by atoms with Crippen molar-refractivity contribution in [2.45, 2.75) is 13.5 Å². The monoisotopic (exact) mass is 363 g/mol. The molecule has 0 bridgehead atoms. The molecule has 0 heterocycles. The van der Waals surface area contributed by atoms with Crippen LogP contribution in [-0.2, 0) is 16.1 Å². The van der Waals surface area contributed by atoms with Crippen LogP contribution in [0.1, 0.15) is 18.1 Å². The zero-order valence-corrected chi connectivity index (χ0v) is 14.4. The van der Waals surface area contributed by atoms with Gasteiger partial charge in [0.15, 0.2) is 5.78 Å². The van der Waals surface area contributed by atoms with Gasteiger partial charge in [0.05, 0.1) is 15.7 Å². The maximum atomic E-state index is 12.0. The standard InChI is InChI=1S/C18H15Cl2NO3/c1-12(22)9-17(14-5-3-2-4-6-14)21-18(23)24-11-13-7-8-15(19)16(20)10-13/h2-10H,11H2,1H3,(H,21,23). The highest BCUT2D eigenvalue weighted by Crippen LogP contribution is 2.23. The van der Waals surface area contributed by atoms with E-state index in [1.54, 1.807) is 30.3 Å². The number of carbonyl (C=O) groups is 2. The first kappa shape index (κ1) is 18.0. The van der Waals surface area contributed by atoms with Gasteiger partial charge in [0.2, 0.25) is 0 Å². The minimum Gasteiger partial charge on any atom is -0.444 e. The van der Waals surface area contributed by atoms with Gasteiger partial charge >= 0.3 is 6.09 Å². The summed E-state index contributed by atoms with van der Waals surface area (Å²) < 4.78 is 5.15. The van der Waals surface area contributed by atoms with Crippen molar-refractivity contribution in [1.82, 2.24) is 5.32 Å². The number of alkyl carbamates (subject to hydrolysis) is 1. The lowest BCUT2D eigenvalue weighted by Gasteiger charge is -2.11. The number of ether oxygens (including phenoxy) is 1. The molecule has 24 heavy (non-hydrogen) atoms. The number of hydrogen-bond acceptors (Lipinski definition) is 3. The van der Waals surface area contributed by atoms with Gasteiger partial charge in [-0.15, -0.1) is 0 Å². The second kappa shape index (κ2) is 8.52. The molecule has 124 valence electrons. The van der Waals surface area contributed by atoms with Gasteiger partial charge in [0, 0.05) is 6.08 Å². The SMILES string of the molecule is CC(=O)C=C(NC(=O)OCc1ccc(Cl)c(Cl)c1)c1ccccc1. The lowest BCUT2D eigenvalue weighted by Crippen LogP contribution is -2.23. The zero-order chi connectivity index (χ0) is 17.5. The summed E-state index contributed by atoms with van der Waals surface area (Å²) in [7, 11) is 0. The molecule has 2 rings (SSSR count). The maximum absolute atomic E-state index is 12.0. The van der Waals surface area contributed by atoms with Crippen molar-refractivity contribution in [3.63, 3.8) is 0 Å². The fourth-order valence-corrected chi connectivity index (χ4v) is 2.26. The summed E-state index contributed by atoms with van der Waals surface area (Å²) in [4.78, 5) is 23.4. The summed E-state index contributed by atoms with van der Waals surface area (Å²) in [6.07, 6.45) is 0.674. The Balaban J connectivity index is 2.03. The Morgan fingerprint density at radius 2 is 1.79 bits per heavy atom. The Kier molecular flexibility index (Phi) is 6.41. The molecule has 0 aliphatic rings. The molecule has 6 heteroatoms. The maximum Gasteiger partial charge on any atom is 0.411 e. The fraction of sp³-hybridized carbons (Fsp3) is 0.111. The molecule has 0 saturated heterocycles. The second-order valence-electron chi connectivity index (χ2n) is 4.98. The number of hydrogen-bond donors (Lipinski definition) is 1. The molecule has 0 aliphatic carbocycles. The van der Waals surface area contributed by atoms with Crippen LogP contribution in [-0.4, -0.2) is 11.9 Å². The molecule has 2 aromatic rings. The topological polar surface area (TPSA) is 55.4 Å². The van der Waals surface area contributed by atoms with Gasteiger partial charge < -0.3 is 4.74 Å². The van der Waals surface area contributed by atoms with Crippen molar-refractivity contribution in [2.24, 2.45) is 0 Å². The van der Waals surface area contributed by atoms with E-state index in [0.717, 1.165) is 0 Å². The number of ketones is 1. The van der Waals surface area contributed by atoms with Gasteiger partial charge in [0.25, 0.3) is 0 Å². The number of benzene rings is 2. The van der Waals surface area contributed by atoms with E-state index in [-0.39, 0.29) is 12.4 Å². The van der Waals surface area contributed by atoms with E-state index in [0.29, 0.717) is 26.9 Å². The summed E-state index contributed by atoms with van der Waals surface area (Å²) in [5.74, 6) is -0.182. The summed E-state index contributed by atoms with van der Waals surface area (Å²) in [6.45, 7) is 1.44. The molecule has 1 N–H and O–H groups in total. The minimum atomic E-state index is -0.669. The van der Waals surface area contributed by atoms with Gasteiger partial charge in [-0.2, -0.15) is 0 Å². The fourth-order valence-electron chi connectivity index (χ4n) is 1.94. The van der Waals surface area contributed by atoms with Gasteiger partial charge in [-0.3, -0.25) is 10.1 Å². The largest absolute Gasteiger partial charge is 0.444 e. The number of allylic oxidation sites excluding steroid dienone is 1. The molecule has 0 saturated carbocycles. The first-order valence-corrected chi connectivity index (χ1v) is 7.86. The van der Waals surface area contributed by atoms with Gasteiger partial charge in [0.1, 0.15) is 6.61 Å². The molecule has 0 aliphatic heterocycles. The van der Waals surface area contributed by atoms with Crippen molar-refractivity contribution in [3.05, 3.63) is 75.8 Å². The third-order valence-corrected chi connectivity index (χ3v) is 3.76. The van der Waals surface area contributed by atoms with Crippen LogP contribution in [0.3, 0.4) is 0 Å². The molecule has 0 spiro atoms. The molecule has 0 aromatic heterocycles. The van der Waals surface area contributed by atoms with Crippen LogP contribution in [0.15, 0.2) is 54.6 Å². The van der Waals surface area contributed by atoms with E-state index >= 15 is 0 Å². The van der Waals surface area contributed by atoms with Crippen LogP contribution < -0.4 is 5.32 Å². The Morgan fingerprint density at radius 3 is 2.42 bits per heavy atom. The summed E-state index contributed by atoms with van der Waals surface area (Å²) in [5.41, 5.74) is 1.79. The molecule has 1 amide bonds. The van der Waals surface area contributed by atoms with Crippen molar-refractivity contribution >= 4 is 40.8 Å². The van der Waals surface area contributed by atoms with E-state index in [2.05, 4.69) is 5.32 Å². The lowest BCUT2D eigenvalue weighted by atomic mass is 10.1. The van der Waals surface area contributed by atoms with Gasteiger partial charge in [-0.25, -0.2) is 4.79 Å². The van der Waals surface area contributed by atoms with Crippen LogP contribution >= 0.6 is 23.2 Å². The van der Waals surface area contributed by atoms with E-state index in [1.807, 2.05) is 18.2 Å². The quantitative estimate of drug-likeness (QED) is 0.772. The summed E-state index contributed by atoms with van der Waals surface area (Å²) >= 11 is 11.8. The van der Waals surface area contributed by atoms with E-state index < -0.39 is 6.09 Å². The van der Waals surface area contributed by atoms with E-state index in [1.165, 1.54) is 13.0 Å². The first-order chi connectivity index (χ1) is 11.5. The van der Waals surface area contributed by atoms with E-state index in [4.69, 9.17) is 27.9 Å². The predicted molar refractivity (Wildman–Crippen MR) is 94.9 cm³/mol. The third kappa shape index (κ3) is 5.41. The van der Waals surface area contributed by atoms with Crippen LogP contribution in [0, 0.1) is 0 Å². The smallest absolute Gasteiger partial charge is 0.411 e. The van der Waals surface area contributed by atoms with Gasteiger partial charge in [-0.05, 0) is 30.2 Å². The Morgan fingerprint density at radius 1 is 1.08 bits per heavy atom. The highest BCUT2D eigenvalue weighted by atomic mass is 35.5. The number of carbonyl (C=O) groups excluding carboxylic acids is 2. The average Bonchev–Trinajstić information content (AvgIpc) is 2.56. The van der Waals surface area contributed by atoms with Crippen LogP contribution in [0.25, 0.3) is 5.70 Å². The minimum absolute atomic E-state index is 0.0326. The normalized spacial score (nSPS) is 11.0. The molecule has 2 aromatic carbocycles. The molecule has 0 fully saturated rings. The molecule has 0 unspecified atom stereocenters. The number of amides is 1. The number of halogens is 2. The van der Waals surface area contributed by atoms with Crippen molar-refractivity contribution in [1.29, 1.82) is 0 Å². The molecule has 0 radical (unpaired) electrons. The molecule has 0 atom stereocenters. The first-order valence-electron chi connectivity index (χ1n) is 7.11. The summed E-state index contributed by atoms with van der Waals surface area (Å²) in [6, 6.07) is 14.0. The highest BCUT2D eigenvalue weighted by Gasteiger charge is 2.09. The lowest BCUT2D eigenvalue weighted by molar-refractivity contribution is -0.112. The predicted octanol–water partition coefficient (Wildman–Crippen LogP) is 4.85. The van der Waals surface area contributed by atoms with Crippen LogP contribution in [0.4, 0.5) is 4.79 Å². The van der Waals surface area contributed by atoms with Crippen LogP contribution in [0.5, 0.6) is 0 Å². The summed E-state index contributed by atoms with van der Waals surface area (Å²) in [5, 5.41) is 3.40. The van der Waals surface area contributed by atoms with Crippen molar-refractivity contribution < 1.29 is 14.3 Å². The van der Waals surface area contributed by atoms with E-state index in [9.17, 15) is 9.59 Å². The molecule has 4 nitrogen and oxygen atoms in total. The highest BCUT2D eigenvalue weighted by molar-refractivity contribution is 6.42. The number of rotatable bonds is 5. The Bertz CT molecular complexity index is 773. The third-order valence-electron chi connectivity index (χ3n) is 3.02.